The van der Waals surface area contributed by atoms with E-state index in [-0.39, 0.29) is 5.84 Å². The summed E-state index contributed by atoms with van der Waals surface area (Å²) in [6.45, 7) is 4.51. The first-order valence-corrected chi connectivity index (χ1v) is 6.81. The third-order valence-corrected chi connectivity index (χ3v) is 2.99. The molecule has 19 heavy (non-hydrogen) atoms. The summed E-state index contributed by atoms with van der Waals surface area (Å²) in [5, 5.41) is 7.89. The highest BCUT2D eigenvalue weighted by molar-refractivity contribution is 6.31. The predicted molar refractivity (Wildman–Crippen MR) is 77.9 cm³/mol. The van der Waals surface area contributed by atoms with Gasteiger partial charge >= 0.3 is 0 Å². The highest BCUT2D eigenvalue weighted by Gasteiger charge is 2.04. The molecule has 0 saturated heterocycles. The van der Waals surface area contributed by atoms with Crippen LogP contribution < -0.4 is 5.73 Å². The fourth-order valence-corrected chi connectivity index (χ4v) is 1.72. The van der Waals surface area contributed by atoms with Crippen LogP contribution in [0.2, 0.25) is 5.02 Å². The smallest absolute Gasteiger partial charge is 0.122 e. The first kappa shape index (κ1) is 16.0. The normalized spacial score (nSPS) is 10.6. The van der Waals surface area contributed by atoms with Gasteiger partial charge in [0.1, 0.15) is 5.84 Å². The monoisotopic (exact) mass is 284 g/mol. The van der Waals surface area contributed by atoms with Gasteiger partial charge in [-0.2, -0.15) is 0 Å². The number of benzene rings is 1. The SMILES string of the molecule is CCCCOCCOCc1ccc(C(=N)N)cc1Cl. The second kappa shape index (κ2) is 8.91. The van der Waals surface area contributed by atoms with Gasteiger partial charge in [-0.3, -0.25) is 5.41 Å². The Kier molecular flexibility index (Phi) is 7.48. The molecule has 0 amide bonds. The second-order valence-electron chi connectivity index (χ2n) is 4.24. The number of halogens is 1. The molecule has 0 fully saturated rings. The molecule has 0 bridgehead atoms. The molecule has 0 radical (unpaired) electrons. The van der Waals surface area contributed by atoms with Crippen molar-refractivity contribution in [2.45, 2.75) is 26.4 Å². The van der Waals surface area contributed by atoms with Crippen LogP contribution in [0, 0.1) is 5.41 Å². The van der Waals surface area contributed by atoms with Gasteiger partial charge in [-0.1, -0.05) is 37.1 Å². The van der Waals surface area contributed by atoms with Gasteiger partial charge in [0.05, 0.1) is 19.8 Å². The zero-order valence-corrected chi connectivity index (χ0v) is 12.0. The number of rotatable bonds is 9. The van der Waals surface area contributed by atoms with E-state index in [9.17, 15) is 0 Å². The average molecular weight is 285 g/mol. The lowest BCUT2D eigenvalue weighted by Gasteiger charge is -2.08. The van der Waals surface area contributed by atoms with Crippen molar-refractivity contribution in [1.82, 2.24) is 0 Å². The largest absolute Gasteiger partial charge is 0.384 e. The van der Waals surface area contributed by atoms with Crippen LogP contribution in [0.15, 0.2) is 18.2 Å². The molecule has 0 aliphatic carbocycles. The molecule has 0 aliphatic heterocycles. The first-order chi connectivity index (χ1) is 9.15. The number of nitrogens with one attached hydrogen (secondary N) is 1. The zero-order chi connectivity index (χ0) is 14.1. The van der Waals surface area contributed by atoms with E-state index in [0.29, 0.717) is 30.4 Å². The van der Waals surface area contributed by atoms with Gasteiger partial charge in [0.15, 0.2) is 0 Å². The van der Waals surface area contributed by atoms with Crippen LogP contribution in [-0.2, 0) is 16.1 Å². The molecule has 1 aromatic rings. The summed E-state index contributed by atoms with van der Waals surface area (Å²) < 4.78 is 10.9. The zero-order valence-electron chi connectivity index (χ0n) is 11.2. The van der Waals surface area contributed by atoms with Gasteiger partial charge < -0.3 is 15.2 Å². The third kappa shape index (κ3) is 6.05. The Bertz CT molecular complexity index is 410. The minimum absolute atomic E-state index is 0.0127. The van der Waals surface area contributed by atoms with E-state index >= 15 is 0 Å². The highest BCUT2D eigenvalue weighted by Crippen LogP contribution is 2.18. The van der Waals surface area contributed by atoms with E-state index in [4.69, 9.17) is 32.2 Å². The van der Waals surface area contributed by atoms with Gasteiger partial charge in [-0.15, -0.1) is 0 Å². The molecule has 0 unspecified atom stereocenters. The van der Waals surface area contributed by atoms with Crippen LogP contribution in [0.25, 0.3) is 0 Å². The lowest BCUT2D eigenvalue weighted by molar-refractivity contribution is 0.0397. The molecule has 0 heterocycles. The van der Waals surface area contributed by atoms with Gasteiger partial charge in [-0.05, 0) is 18.1 Å². The van der Waals surface area contributed by atoms with E-state index in [0.717, 1.165) is 25.0 Å². The summed E-state index contributed by atoms with van der Waals surface area (Å²) in [5.74, 6) is 0.0127. The molecule has 3 N–H and O–H groups in total. The number of hydrogen-bond acceptors (Lipinski definition) is 3. The van der Waals surface area contributed by atoms with Crippen LogP contribution in [-0.4, -0.2) is 25.7 Å². The minimum atomic E-state index is 0.0127. The molecule has 0 aliphatic rings. The molecule has 0 spiro atoms. The molecular weight excluding hydrogens is 264 g/mol. The van der Waals surface area contributed by atoms with Crippen molar-refractivity contribution in [3.8, 4) is 0 Å². The summed E-state index contributed by atoms with van der Waals surface area (Å²) in [4.78, 5) is 0. The molecule has 0 aromatic heterocycles. The minimum Gasteiger partial charge on any atom is -0.384 e. The topological polar surface area (TPSA) is 68.3 Å². The Hall–Kier alpha value is -1.10. The Morgan fingerprint density at radius 3 is 2.63 bits per heavy atom. The second-order valence-corrected chi connectivity index (χ2v) is 4.65. The molecule has 5 heteroatoms. The van der Waals surface area contributed by atoms with Crippen molar-refractivity contribution < 1.29 is 9.47 Å². The molecule has 106 valence electrons. The summed E-state index contributed by atoms with van der Waals surface area (Å²) in [5.41, 5.74) is 6.90. The van der Waals surface area contributed by atoms with Crippen molar-refractivity contribution >= 4 is 17.4 Å². The standard InChI is InChI=1S/C14H21ClN2O2/c1-2-3-6-18-7-8-19-10-12-5-4-11(14(16)17)9-13(12)15/h4-5,9H,2-3,6-8,10H2,1H3,(H3,16,17). The number of amidine groups is 1. The fourth-order valence-electron chi connectivity index (χ4n) is 1.48. The Balaban J connectivity index is 2.28. The average Bonchev–Trinajstić information content (AvgIpc) is 2.39. The maximum absolute atomic E-state index is 7.32. The molecule has 1 aromatic carbocycles. The maximum atomic E-state index is 7.32. The maximum Gasteiger partial charge on any atom is 0.122 e. The van der Waals surface area contributed by atoms with E-state index in [1.807, 2.05) is 6.07 Å². The number of unbranched alkanes of at least 4 members (excludes halogenated alkanes) is 1. The van der Waals surface area contributed by atoms with Crippen LogP contribution in [0.1, 0.15) is 30.9 Å². The molecular formula is C14H21ClN2O2. The Morgan fingerprint density at radius 2 is 2.00 bits per heavy atom. The molecule has 4 nitrogen and oxygen atoms in total. The summed E-state index contributed by atoms with van der Waals surface area (Å²) in [7, 11) is 0. The number of hydrogen-bond donors (Lipinski definition) is 2. The van der Waals surface area contributed by atoms with Crippen molar-refractivity contribution in [2.24, 2.45) is 5.73 Å². The molecule has 0 saturated carbocycles. The summed E-state index contributed by atoms with van der Waals surface area (Å²) in [6.07, 6.45) is 2.22. The number of nitrogens with two attached hydrogens (primary N) is 1. The van der Waals surface area contributed by atoms with Crippen LogP contribution in [0.5, 0.6) is 0 Å². The van der Waals surface area contributed by atoms with E-state index in [2.05, 4.69) is 6.92 Å². The van der Waals surface area contributed by atoms with Crippen LogP contribution in [0.4, 0.5) is 0 Å². The lowest BCUT2D eigenvalue weighted by Crippen LogP contribution is -2.11. The van der Waals surface area contributed by atoms with Gasteiger partial charge in [0.2, 0.25) is 0 Å². The quantitative estimate of drug-likeness (QED) is 0.416. The van der Waals surface area contributed by atoms with E-state index < -0.39 is 0 Å². The molecule has 1 rings (SSSR count). The molecule has 0 atom stereocenters. The Labute approximate surface area is 119 Å². The van der Waals surface area contributed by atoms with Crippen molar-refractivity contribution in [2.75, 3.05) is 19.8 Å². The first-order valence-electron chi connectivity index (χ1n) is 6.43. The lowest BCUT2D eigenvalue weighted by atomic mass is 10.1. The van der Waals surface area contributed by atoms with Crippen molar-refractivity contribution in [3.05, 3.63) is 34.3 Å². The van der Waals surface area contributed by atoms with Crippen LogP contribution in [0.3, 0.4) is 0 Å². The summed E-state index contributed by atoms with van der Waals surface area (Å²) in [6, 6.07) is 5.28. The van der Waals surface area contributed by atoms with Gasteiger partial charge in [0.25, 0.3) is 0 Å². The van der Waals surface area contributed by atoms with Crippen LogP contribution >= 0.6 is 11.6 Å². The third-order valence-electron chi connectivity index (χ3n) is 2.64. The Morgan fingerprint density at radius 1 is 1.26 bits per heavy atom. The fraction of sp³-hybridized carbons (Fsp3) is 0.500. The number of ether oxygens (including phenoxy) is 2. The van der Waals surface area contributed by atoms with E-state index in [1.165, 1.54) is 0 Å². The highest BCUT2D eigenvalue weighted by atomic mass is 35.5. The van der Waals surface area contributed by atoms with E-state index in [1.54, 1.807) is 12.1 Å². The summed E-state index contributed by atoms with van der Waals surface area (Å²) >= 11 is 6.09. The van der Waals surface area contributed by atoms with Crippen molar-refractivity contribution in [3.63, 3.8) is 0 Å². The van der Waals surface area contributed by atoms with Gasteiger partial charge in [-0.25, -0.2) is 0 Å². The number of nitrogen functional groups attached to an aromatic ring is 1. The predicted octanol–water partition coefficient (Wildman–Crippen LogP) is 2.96. The van der Waals surface area contributed by atoms with Gasteiger partial charge in [0, 0.05) is 17.2 Å². The van der Waals surface area contributed by atoms with Crippen molar-refractivity contribution in [1.29, 1.82) is 5.41 Å².